The number of aromatic nitrogens is 3. The molecular weight excluding hydrogens is 352 g/mol. The maximum Gasteiger partial charge on any atom is 0.121 e. The fourth-order valence-corrected chi connectivity index (χ4v) is 3.92. The third-order valence-corrected chi connectivity index (χ3v) is 5.47. The van der Waals surface area contributed by atoms with Crippen molar-refractivity contribution in [3.05, 3.63) is 51.9 Å². The number of para-hydroxylation sites is 1. The summed E-state index contributed by atoms with van der Waals surface area (Å²) in [5, 5.41) is 25.3. The molecule has 3 aromatic rings. The second-order valence-electron chi connectivity index (χ2n) is 6.94. The Hall–Kier alpha value is -1.86. The number of aryl methyl sites for hydroxylation is 2. The Kier molecular flexibility index (Phi) is 4.75. The van der Waals surface area contributed by atoms with E-state index in [1.54, 1.807) is 0 Å². The molecule has 6 nitrogen and oxygen atoms in total. The van der Waals surface area contributed by atoms with Gasteiger partial charge in [0.1, 0.15) is 6.10 Å². The number of nitrogens with one attached hydrogen (secondary N) is 1. The van der Waals surface area contributed by atoms with E-state index in [0.717, 1.165) is 48.8 Å². The topological polar surface area (TPSA) is 77.3 Å². The van der Waals surface area contributed by atoms with Crippen LogP contribution < -0.4 is 0 Å². The number of aliphatic hydroxyl groups excluding tert-OH is 2. The Morgan fingerprint density at radius 3 is 2.96 bits per heavy atom. The summed E-state index contributed by atoms with van der Waals surface area (Å²) in [7, 11) is 0. The molecule has 1 aliphatic heterocycles. The van der Waals surface area contributed by atoms with Crippen LogP contribution in [-0.2, 0) is 19.6 Å². The number of aliphatic hydroxyl groups is 2. The molecule has 1 aliphatic rings. The van der Waals surface area contributed by atoms with Gasteiger partial charge in [-0.2, -0.15) is 5.10 Å². The van der Waals surface area contributed by atoms with E-state index < -0.39 is 6.10 Å². The molecule has 138 valence electrons. The fraction of sp³-hybridized carbons (Fsp3) is 0.421. The maximum atomic E-state index is 9.84. The Balaban J connectivity index is 1.58. The lowest BCUT2D eigenvalue weighted by atomic mass is 10.1. The zero-order valence-electron chi connectivity index (χ0n) is 14.7. The van der Waals surface area contributed by atoms with E-state index in [0.29, 0.717) is 5.69 Å². The van der Waals surface area contributed by atoms with Crippen LogP contribution in [0, 0.1) is 6.92 Å². The molecule has 0 saturated heterocycles. The lowest BCUT2D eigenvalue weighted by molar-refractivity contribution is 0.0916. The summed E-state index contributed by atoms with van der Waals surface area (Å²) in [6.45, 7) is 5.18. The molecule has 0 fully saturated rings. The van der Waals surface area contributed by atoms with Gasteiger partial charge in [-0.25, -0.2) is 0 Å². The smallest absolute Gasteiger partial charge is 0.121 e. The van der Waals surface area contributed by atoms with Gasteiger partial charge in [-0.05, 0) is 31.0 Å². The number of aromatic amines is 1. The Bertz CT molecular complexity index is 933. The zero-order valence-corrected chi connectivity index (χ0v) is 15.5. The molecule has 0 aliphatic carbocycles. The molecule has 7 heteroatoms. The molecule has 3 N–H and O–H groups in total. The van der Waals surface area contributed by atoms with Crippen LogP contribution in [0.1, 0.15) is 35.2 Å². The standard InChI is InChI=1S/C19H23ClN4O2/c1-12-14-4-2-5-15(20)19(14)21-17(12)10-23-6-3-7-24-13(9-23)8-16(22-24)18(26)11-25/h2,4-5,8,18,21,25-26H,3,6-7,9-11H2,1H3. The molecule has 0 spiro atoms. The highest BCUT2D eigenvalue weighted by atomic mass is 35.5. The summed E-state index contributed by atoms with van der Waals surface area (Å²) < 4.78 is 1.95. The molecule has 0 saturated carbocycles. The lowest BCUT2D eigenvalue weighted by Gasteiger charge is -2.19. The first-order chi connectivity index (χ1) is 12.6. The number of hydrogen-bond donors (Lipinski definition) is 3. The Morgan fingerprint density at radius 2 is 2.19 bits per heavy atom. The molecular formula is C19H23ClN4O2. The van der Waals surface area contributed by atoms with Crippen molar-refractivity contribution in [1.82, 2.24) is 19.7 Å². The van der Waals surface area contributed by atoms with E-state index in [-0.39, 0.29) is 6.61 Å². The van der Waals surface area contributed by atoms with Crippen molar-refractivity contribution in [3.63, 3.8) is 0 Å². The SMILES string of the molecule is Cc1c(CN2CCCn3nc(C(O)CO)cc3C2)[nH]c2c(Cl)cccc12. The normalized spacial score (nSPS) is 16.6. The van der Waals surface area contributed by atoms with Gasteiger partial charge in [-0.3, -0.25) is 9.58 Å². The Labute approximate surface area is 157 Å². The van der Waals surface area contributed by atoms with Gasteiger partial charge < -0.3 is 15.2 Å². The maximum absolute atomic E-state index is 9.84. The predicted molar refractivity (Wildman–Crippen MR) is 101 cm³/mol. The summed E-state index contributed by atoms with van der Waals surface area (Å²) in [6, 6.07) is 7.88. The lowest BCUT2D eigenvalue weighted by Crippen LogP contribution is -2.23. The number of benzene rings is 1. The average Bonchev–Trinajstić information content (AvgIpc) is 3.11. The summed E-state index contributed by atoms with van der Waals surface area (Å²) in [4.78, 5) is 5.86. The van der Waals surface area contributed by atoms with Crippen LogP contribution in [0.2, 0.25) is 5.02 Å². The van der Waals surface area contributed by atoms with Gasteiger partial charge in [0.25, 0.3) is 0 Å². The van der Waals surface area contributed by atoms with E-state index in [1.165, 1.54) is 16.6 Å². The van der Waals surface area contributed by atoms with E-state index in [2.05, 4.69) is 28.0 Å². The molecule has 2 aromatic heterocycles. The third kappa shape index (κ3) is 3.14. The van der Waals surface area contributed by atoms with Crippen LogP contribution in [0.25, 0.3) is 10.9 Å². The first kappa shape index (κ1) is 17.5. The van der Waals surface area contributed by atoms with Gasteiger partial charge in [0.05, 0.1) is 28.5 Å². The van der Waals surface area contributed by atoms with Crippen molar-refractivity contribution < 1.29 is 10.2 Å². The second kappa shape index (κ2) is 7.04. The van der Waals surface area contributed by atoms with Gasteiger partial charge in [0.15, 0.2) is 0 Å². The van der Waals surface area contributed by atoms with Crippen molar-refractivity contribution in [2.45, 2.75) is 39.1 Å². The van der Waals surface area contributed by atoms with E-state index in [4.69, 9.17) is 16.7 Å². The van der Waals surface area contributed by atoms with Crippen molar-refractivity contribution in [2.24, 2.45) is 0 Å². The van der Waals surface area contributed by atoms with Crippen LogP contribution in [0.15, 0.2) is 24.3 Å². The third-order valence-electron chi connectivity index (χ3n) is 5.15. The predicted octanol–water partition coefficient (Wildman–Crippen LogP) is 2.76. The summed E-state index contributed by atoms with van der Waals surface area (Å²) >= 11 is 6.32. The largest absolute Gasteiger partial charge is 0.393 e. The van der Waals surface area contributed by atoms with Crippen LogP contribution in [0.4, 0.5) is 0 Å². The molecule has 1 atom stereocenters. The monoisotopic (exact) mass is 374 g/mol. The number of halogens is 1. The quantitative estimate of drug-likeness (QED) is 0.656. The Morgan fingerprint density at radius 1 is 1.35 bits per heavy atom. The van der Waals surface area contributed by atoms with Gasteiger partial charge in [-0.1, -0.05) is 23.7 Å². The molecule has 0 radical (unpaired) electrons. The van der Waals surface area contributed by atoms with Crippen LogP contribution in [-0.4, -0.2) is 43.0 Å². The zero-order chi connectivity index (χ0) is 18.3. The van der Waals surface area contributed by atoms with Crippen molar-refractivity contribution in [3.8, 4) is 0 Å². The molecule has 1 aromatic carbocycles. The minimum atomic E-state index is -0.916. The first-order valence-corrected chi connectivity index (χ1v) is 9.28. The minimum absolute atomic E-state index is 0.310. The van der Waals surface area contributed by atoms with E-state index >= 15 is 0 Å². The highest BCUT2D eigenvalue weighted by Crippen LogP contribution is 2.29. The first-order valence-electron chi connectivity index (χ1n) is 8.90. The molecule has 3 heterocycles. The summed E-state index contributed by atoms with van der Waals surface area (Å²) in [5.74, 6) is 0. The number of fused-ring (bicyclic) bond motifs is 2. The van der Waals surface area contributed by atoms with E-state index in [1.807, 2.05) is 22.9 Å². The minimum Gasteiger partial charge on any atom is -0.393 e. The average molecular weight is 375 g/mol. The highest BCUT2D eigenvalue weighted by molar-refractivity contribution is 6.35. The van der Waals surface area contributed by atoms with Gasteiger partial charge in [-0.15, -0.1) is 0 Å². The van der Waals surface area contributed by atoms with Crippen molar-refractivity contribution in [1.29, 1.82) is 0 Å². The van der Waals surface area contributed by atoms with E-state index in [9.17, 15) is 5.11 Å². The number of rotatable bonds is 4. The molecule has 4 rings (SSSR count). The number of nitrogens with zero attached hydrogens (tertiary/aromatic N) is 3. The molecule has 0 amide bonds. The van der Waals surface area contributed by atoms with Crippen molar-refractivity contribution >= 4 is 22.5 Å². The highest BCUT2D eigenvalue weighted by Gasteiger charge is 2.21. The number of H-pyrrole nitrogens is 1. The summed E-state index contributed by atoms with van der Waals surface area (Å²) in [5.41, 5.74) is 5.01. The molecule has 26 heavy (non-hydrogen) atoms. The van der Waals surface area contributed by atoms with Gasteiger partial charge >= 0.3 is 0 Å². The fourth-order valence-electron chi connectivity index (χ4n) is 3.69. The summed E-state index contributed by atoms with van der Waals surface area (Å²) in [6.07, 6.45) is 0.0737. The van der Waals surface area contributed by atoms with Crippen molar-refractivity contribution in [2.75, 3.05) is 13.2 Å². The van der Waals surface area contributed by atoms with Gasteiger partial charge in [0.2, 0.25) is 0 Å². The van der Waals surface area contributed by atoms with Crippen LogP contribution in [0.3, 0.4) is 0 Å². The van der Waals surface area contributed by atoms with Crippen LogP contribution in [0.5, 0.6) is 0 Å². The molecule has 0 bridgehead atoms. The molecule has 1 unspecified atom stereocenters. The van der Waals surface area contributed by atoms with Gasteiger partial charge in [0, 0.05) is 37.3 Å². The second-order valence-corrected chi connectivity index (χ2v) is 7.34. The van der Waals surface area contributed by atoms with Crippen LogP contribution >= 0.6 is 11.6 Å². The number of hydrogen-bond acceptors (Lipinski definition) is 4.